The predicted octanol–water partition coefficient (Wildman–Crippen LogP) is 4.92. The molecule has 19 heavy (non-hydrogen) atoms. The molecule has 100 valence electrons. The van der Waals surface area contributed by atoms with Crippen LogP contribution in [-0.2, 0) is 6.54 Å². The van der Waals surface area contributed by atoms with Crippen LogP contribution in [0.4, 0.5) is 0 Å². The van der Waals surface area contributed by atoms with Crippen LogP contribution >= 0.6 is 15.9 Å². The summed E-state index contributed by atoms with van der Waals surface area (Å²) in [5.74, 6) is 0. The van der Waals surface area contributed by atoms with Gasteiger partial charge in [-0.1, -0.05) is 52.3 Å². The summed E-state index contributed by atoms with van der Waals surface area (Å²) < 4.78 is 1.18. The van der Waals surface area contributed by atoms with E-state index < -0.39 is 0 Å². The Hall–Kier alpha value is -1.12. The van der Waals surface area contributed by atoms with Gasteiger partial charge in [-0.05, 0) is 49.1 Å². The van der Waals surface area contributed by atoms with Crippen molar-refractivity contribution in [2.75, 3.05) is 0 Å². The normalized spacial score (nSPS) is 12.4. The van der Waals surface area contributed by atoms with E-state index >= 15 is 0 Å². The van der Waals surface area contributed by atoms with Crippen LogP contribution in [0.15, 0.2) is 46.9 Å². The van der Waals surface area contributed by atoms with Gasteiger partial charge in [-0.3, -0.25) is 0 Å². The minimum Gasteiger partial charge on any atom is -0.306 e. The lowest BCUT2D eigenvalue weighted by Gasteiger charge is -2.17. The van der Waals surface area contributed by atoms with E-state index in [-0.39, 0.29) is 0 Å². The van der Waals surface area contributed by atoms with E-state index in [9.17, 15) is 0 Å². The van der Waals surface area contributed by atoms with Gasteiger partial charge in [-0.2, -0.15) is 0 Å². The van der Waals surface area contributed by atoms with Crippen molar-refractivity contribution in [1.82, 2.24) is 5.32 Å². The van der Waals surface area contributed by atoms with E-state index in [0.717, 1.165) is 6.54 Å². The molecule has 1 nitrogen and oxygen atoms in total. The molecular weight excluding hydrogens is 298 g/mol. The minimum absolute atomic E-state index is 0.362. The maximum atomic E-state index is 3.58. The smallest absolute Gasteiger partial charge is 0.0297 e. The maximum absolute atomic E-state index is 3.58. The summed E-state index contributed by atoms with van der Waals surface area (Å²) in [6.45, 7) is 7.37. The highest BCUT2D eigenvalue weighted by atomic mass is 79.9. The highest BCUT2D eigenvalue weighted by Crippen LogP contribution is 2.20. The largest absolute Gasteiger partial charge is 0.306 e. The van der Waals surface area contributed by atoms with Crippen molar-refractivity contribution in [3.05, 3.63) is 69.2 Å². The molecule has 0 aromatic heterocycles. The van der Waals surface area contributed by atoms with Gasteiger partial charge in [0.2, 0.25) is 0 Å². The first-order chi connectivity index (χ1) is 9.08. The zero-order valence-electron chi connectivity index (χ0n) is 11.7. The summed E-state index contributed by atoms with van der Waals surface area (Å²) >= 11 is 3.58. The molecule has 0 aliphatic heterocycles. The maximum Gasteiger partial charge on any atom is 0.0297 e. The fourth-order valence-corrected chi connectivity index (χ4v) is 2.63. The second-order valence-corrected chi connectivity index (χ2v) is 5.90. The number of hydrogen-bond acceptors (Lipinski definition) is 1. The molecule has 1 N–H and O–H groups in total. The first-order valence-corrected chi connectivity index (χ1v) is 7.41. The van der Waals surface area contributed by atoms with Crippen LogP contribution in [0.3, 0.4) is 0 Å². The molecule has 2 rings (SSSR count). The zero-order chi connectivity index (χ0) is 13.8. The van der Waals surface area contributed by atoms with Crippen LogP contribution in [0.5, 0.6) is 0 Å². The first kappa shape index (κ1) is 14.3. The summed E-state index contributed by atoms with van der Waals surface area (Å²) in [4.78, 5) is 0. The highest BCUT2D eigenvalue weighted by Gasteiger charge is 2.07. The van der Waals surface area contributed by atoms with E-state index in [2.05, 4.69) is 84.5 Å². The van der Waals surface area contributed by atoms with Crippen molar-refractivity contribution in [2.24, 2.45) is 0 Å². The Labute approximate surface area is 124 Å². The van der Waals surface area contributed by atoms with E-state index in [1.54, 1.807) is 0 Å². The van der Waals surface area contributed by atoms with Crippen LogP contribution in [0, 0.1) is 13.8 Å². The third-order valence-electron chi connectivity index (χ3n) is 3.50. The lowest BCUT2D eigenvalue weighted by molar-refractivity contribution is 0.572. The van der Waals surface area contributed by atoms with E-state index in [0.29, 0.717) is 6.04 Å². The van der Waals surface area contributed by atoms with Gasteiger partial charge in [0.1, 0.15) is 0 Å². The average molecular weight is 318 g/mol. The molecule has 0 saturated heterocycles. The molecule has 0 fully saturated rings. The molecule has 0 unspecified atom stereocenters. The Bertz CT molecular complexity index is 563. The molecule has 0 aliphatic carbocycles. The molecule has 2 aromatic rings. The Morgan fingerprint density at radius 1 is 1.05 bits per heavy atom. The standard InChI is InChI=1S/C17H20BrN/c1-12-6-4-5-7-16(12)14(3)19-11-15-9-8-13(2)17(18)10-15/h4-10,14,19H,11H2,1-3H3/t14-/m0/s1. The summed E-state index contributed by atoms with van der Waals surface area (Å²) in [7, 11) is 0. The molecule has 2 aromatic carbocycles. The molecule has 0 amide bonds. The second-order valence-electron chi connectivity index (χ2n) is 5.04. The van der Waals surface area contributed by atoms with Crippen LogP contribution in [-0.4, -0.2) is 0 Å². The van der Waals surface area contributed by atoms with E-state index in [4.69, 9.17) is 0 Å². The van der Waals surface area contributed by atoms with Crippen molar-refractivity contribution in [3.63, 3.8) is 0 Å². The number of halogens is 1. The van der Waals surface area contributed by atoms with Gasteiger partial charge in [0.15, 0.2) is 0 Å². The lowest BCUT2D eigenvalue weighted by atomic mass is 10.0. The quantitative estimate of drug-likeness (QED) is 0.844. The van der Waals surface area contributed by atoms with Crippen LogP contribution in [0.2, 0.25) is 0 Å². The van der Waals surface area contributed by atoms with Gasteiger partial charge in [0, 0.05) is 17.1 Å². The fourth-order valence-electron chi connectivity index (χ4n) is 2.20. The highest BCUT2D eigenvalue weighted by molar-refractivity contribution is 9.10. The lowest BCUT2D eigenvalue weighted by Crippen LogP contribution is -2.18. The van der Waals surface area contributed by atoms with E-state index in [1.807, 2.05) is 0 Å². The topological polar surface area (TPSA) is 12.0 Å². The summed E-state index contributed by atoms with van der Waals surface area (Å²) in [6, 6.07) is 15.4. The van der Waals surface area contributed by atoms with Crippen molar-refractivity contribution >= 4 is 15.9 Å². The number of nitrogens with one attached hydrogen (secondary N) is 1. The summed E-state index contributed by atoms with van der Waals surface area (Å²) in [6.07, 6.45) is 0. The van der Waals surface area contributed by atoms with Crippen molar-refractivity contribution in [2.45, 2.75) is 33.4 Å². The number of benzene rings is 2. The van der Waals surface area contributed by atoms with Gasteiger partial charge in [0.05, 0.1) is 0 Å². The monoisotopic (exact) mass is 317 g/mol. The minimum atomic E-state index is 0.362. The van der Waals surface area contributed by atoms with Crippen LogP contribution in [0.25, 0.3) is 0 Å². The van der Waals surface area contributed by atoms with Crippen molar-refractivity contribution in [1.29, 1.82) is 0 Å². The van der Waals surface area contributed by atoms with Gasteiger partial charge < -0.3 is 5.32 Å². The molecule has 0 heterocycles. The summed E-state index contributed by atoms with van der Waals surface area (Å²) in [5.41, 5.74) is 5.29. The average Bonchev–Trinajstić information content (AvgIpc) is 2.40. The third-order valence-corrected chi connectivity index (χ3v) is 4.36. The van der Waals surface area contributed by atoms with Crippen molar-refractivity contribution < 1.29 is 0 Å². The molecule has 0 spiro atoms. The van der Waals surface area contributed by atoms with Gasteiger partial charge >= 0.3 is 0 Å². The van der Waals surface area contributed by atoms with Gasteiger partial charge in [-0.25, -0.2) is 0 Å². The Balaban J connectivity index is 2.02. The third kappa shape index (κ3) is 3.68. The number of aryl methyl sites for hydroxylation is 2. The predicted molar refractivity (Wildman–Crippen MR) is 85.3 cm³/mol. The number of hydrogen-bond donors (Lipinski definition) is 1. The van der Waals surface area contributed by atoms with Crippen molar-refractivity contribution in [3.8, 4) is 0 Å². The fraction of sp³-hybridized carbons (Fsp3) is 0.294. The van der Waals surface area contributed by atoms with E-state index in [1.165, 1.54) is 26.7 Å². The molecule has 2 heteroatoms. The van der Waals surface area contributed by atoms with Crippen LogP contribution in [0.1, 0.15) is 35.2 Å². The zero-order valence-corrected chi connectivity index (χ0v) is 13.3. The Kier molecular flexibility index (Phi) is 4.78. The Morgan fingerprint density at radius 3 is 2.47 bits per heavy atom. The second kappa shape index (κ2) is 6.36. The molecule has 1 atom stereocenters. The molecule has 0 aliphatic rings. The molecule has 0 radical (unpaired) electrons. The SMILES string of the molecule is Cc1ccc(CN[C@@H](C)c2ccccc2C)cc1Br. The van der Waals surface area contributed by atoms with Gasteiger partial charge in [-0.15, -0.1) is 0 Å². The number of rotatable bonds is 4. The van der Waals surface area contributed by atoms with Crippen LogP contribution < -0.4 is 5.32 Å². The Morgan fingerprint density at radius 2 is 1.79 bits per heavy atom. The van der Waals surface area contributed by atoms with Gasteiger partial charge in [0.25, 0.3) is 0 Å². The molecule has 0 saturated carbocycles. The first-order valence-electron chi connectivity index (χ1n) is 6.62. The summed E-state index contributed by atoms with van der Waals surface area (Å²) in [5, 5.41) is 3.58. The molecule has 0 bridgehead atoms. The molecular formula is C17H20BrN.